The van der Waals surface area contributed by atoms with Crippen LogP contribution in [0.15, 0.2) is 78.9 Å². The largest absolute Gasteiger partial charge is 0.491 e. The average molecular weight is 404 g/mol. The van der Waals surface area contributed by atoms with Crippen molar-refractivity contribution in [3.05, 3.63) is 95.6 Å². The summed E-state index contributed by atoms with van der Waals surface area (Å²) in [5.41, 5.74) is 2.90. The van der Waals surface area contributed by atoms with Crippen LogP contribution >= 0.6 is 0 Å². The summed E-state index contributed by atoms with van der Waals surface area (Å²) in [6.07, 6.45) is 1.91. The number of rotatable bonds is 10. The highest BCUT2D eigenvalue weighted by Gasteiger charge is 2.07. The molecular weight excluding hydrogens is 374 g/mol. The number of hydrogen-bond acceptors (Lipinski definition) is 3. The lowest BCUT2D eigenvalue weighted by Crippen LogP contribution is -2.24. The van der Waals surface area contributed by atoms with E-state index in [-0.39, 0.29) is 12.0 Å². The van der Waals surface area contributed by atoms with Crippen LogP contribution in [0.25, 0.3) is 0 Å². The van der Waals surface area contributed by atoms with Gasteiger partial charge in [0.1, 0.15) is 18.1 Å². The fraction of sp³-hybridized carbons (Fsp3) is 0.269. The van der Waals surface area contributed by atoms with Crippen molar-refractivity contribution in [3.63, 3.8) is 0 Å². The maximum Gasteiger partial charge on any atom is 0.251 e. The van der Waals surface area contributed by atoms with E-state index in [0.29, 0.717) is 24.5 Å². The molecule has 0 saturated heterocycles. The van der Waals surface area contributed by atoms with E-state index in [1.54, 1.807) is 12.1 Å². The molecule has 0 aliphatic carbocycles. The second-order valence-corrected chi connectivity index (χ2v) is 7.48. The van der Waals surface area contributed by atoms with E-state index >= 15 is 0 Å². The first-order chi connectivity index (χ1) is 14.6. The van der Waals surface area contributed by atoms with Crippen LogP contribution < -0.4 is 14.8 Å². The van der Waals surface area contributed by atoms with Crippen LogP contribution in [-0.4, -0.2) is 18.6 Å². The van der Waals surface area contributed by atoms with E-state index in [4.69, 9.17) is 9.47 Å². The molecular formula is C26H29NO3. The third-order valence-corrected chi connectivity index (χ3v) is 4.54. The molecule has 0 bridgehead atoms. The maximum atomic E-state index is 12.5. The first-order valence-electron chi connectivity index (χ1n) is 10.4. The first kappa shape index (κ1) is 21.4. The standard InChI is InChI=1S/C26H29NO3/c1-20(2)30-25-15-6-11-21(17-25)12-8-16-27-26(28)23-13-7-14-24(18-23)29-19-22-9-4-3-5-10-22/h3-7,9-11,13-15,17-18,20H,8,12,16,19H2,1-2H3,(H,27,28). The molecule has 156 valence electrons. The highest BCUT2D eigenvalue weighted by Crippen LogP contribution is 2.17. The molecule has 0 radical (unpaired) electrons. The summed E-state index contributed by atoms with van der Waals surface area (Å²) in [4.78, 5) is 12.5. The van der Waals surface area contributed by atoms with Crippen LogP contribution in [0.3, 0.4) is 0 Å². The summed E-state index contributed by atoms with van der Waals surface area (Å²) in [5, 5.41) is 2.99. The molecule has 1 N–H and O–H groups in total. The van der Waals surface area contributed by atoms with Crippen LogP contribution in [0, 0.1) is 0 Å². The van der Waals surface area contributed by atoms with Gasteiger partial charge < -0.3 is 14.8 Å². The van der Waals surface area contributed by atoms with Crippen LogP contribution in [0.5, 0.6) is 11.5 Å². The highest BCUT2D eigenvalue weighted by molar-refractivity contribution is 5.94. The van der Waals surface area contributed by atoms with Gasteiger partial charge in [-0.25, -0.2) is 0 Å². The Morgan fingerprint density at radius 3 is 2.40 bits per heavy atom. The van der Waals surface area contributed by atoms with E-state index in [0.717, 1.165) is 24.2 Å². The molecule has 0 aliphatic rings. The number of aryl methyl sites for hydroxylation is 1. The summed E-state index contributed by atoms with van der Waals surface area (Å²) in [6, 6.07) is 25.4. The van der Waals surface area contributed by atoms with Gasteiger partial charge in [-0.3, -0.25) is 4.79 Å². The van der Waals surface area contributed by atoms with Gasteiger partial charge in [0, 0.05) is 12.1 Å². The Morgan fingerprint density at radius 2 is 1.60 bits per heavy atom. The normalized spacial score (nSPS) is 10.6. The number of amides is 1. The van der Waals surface area contributed by atoms with Gasteiger partial charge in [-0.1, -0.05) is 48.5 Å². The fourth-order valence-corrected chi connectivity index (χ4v) is 3.11. The van der Waals surface area contributed by atoms with E-state index in [2.05, 4.69) is 17.4 Å². The maximum absolute atomic E-state index is 12.5. The van der Waals surface area contributed by atoms with Gasteiger partial charge in [0.15, 0.2) is 0 Å². The number of benzene rings is 3. The quantitative estimate of drug-likeness (QED) is 0.460. The topological polar surface area (TPSA) is 47.6 Å². The number of carbonyl (C=O) groups is 1. The van der Waals surface area contributed by atoms with E-state index in [1.807, 2.05) is 68.4 Å². The second kappa shape index (κ2) is 11.1. The summed E-state index contributed by atoms with van der Waals surface area (Å²) in [7, 11) is 0. The molecule has 4 nitrogen and oxygen atoms in total. The summed E-state index contributed by atoms with van der Waals surface area (Å²) < 4.78 is 11.5. The van der Waals surface area contributed by atoms with E-state index in [1.165, 1.54) is 5.56 Å². The molecule has 0 fully saturated rings. The van der Waals surface area contributed by atoms with E-state index in [9.17, 15) is 4.79 Å². The Bertz CT molecular complexity index is 938. The zero-order valence-electron chi connectivity index (χ0n) is 17.6. The molecule has 0 saturated carbocycles. The van der Waals surface area contributed by atoms with Crippen molar-refractivity contribution in [3.8, 4) is 11.5 Å². The molecule has 4 heteroatoms. The molecule has 3 rings (SSSR count). The van der Waals surface area contributed by atoms with Gasteiger partial charge in [0.05, 0.1) is 6.10 Å². The van der Waals surface area contributed by atoms with Crippen molar-refractivity contribution < 1.29 is 14.3 Å². The zero-order chi connectivity index (χ0) is 21.2. The molecule has 0 heterocycles. The van der Waals surface area contributed by atoms with Gasteiger partial charge in [-0.15, -0.1) is 0 Å². The summed E-state index contributed by atoms with van der Waals surface area (Å²) in [6.45, 7) is 5.13. The number of carbonyl (C=O) groups excluding carboxylic acids is 1. The van der Waals surface area contributed by atoms with Crippen molar-refractivity contribution in [2.24, 2.45) is 0 Å². The van der Waals surface area contributed by atoms with Gasteiger partial charge in [-0.2, -0.15) is 0 Å². The smallest absolute Gasteiger partial charge is 0.251 e. The monoisotopic (exact) mass is 403 g/mol. The molecule has 30 heavy (non-hydrogen) atoms. The number of hydrogen-bond donors (Lipinski definition) is 1. The van der Waals surface area contributed by atoms with Gasteiger partial charge in [0.2, 0.25) is 0 Å². The highest BCUT2D eigenvalue weighted by atomic mass is 16.5. The van der Waals surface area contributed by atoms with Crippen molar-refractivity contribution in [1.82, 2.24) is 5.32 Å². The predicted octanol–water partition coefficient (Wildman–Crippen LogP) is 5.42. The number of ether oxygens (including phenoxy) is 2. The van der Waals surface area contributed by atoms with Crippen molar-refractivity contribution in [2.75, 3.05) is 6.54 Å². The third kappa shape index (κ3) is 6.96. The molecule has 0 aromatic heterocycles. The first-order valence-corrected chi connectivity index (χ1v) is 10.4. The predicted molar refractivity (Wildman–Crippen MR) is 120 cm³/mol. The third-order valence-electron chi connectivity index (χ3n) is 4.54. The lowest BCUT2D eigenvalue weighted by atomic mass is 10.1. The SMILES string of the molecule is CC(C)Oc1cccc(CCCNC(=O)c2cccc(OCc3ccccc3)c2)c1. The fourth-order valence-electron chi connectivity index (χ4n) is 3.11. The van der Waals surface area contributed by atoms with Gasteiger partial charge >= 0.3 is 0 Å². The molecule has 0 spiro atoms. The number of nitrogens with one attached hydrogen (secondary N) is 1. The van der Waals surface area contributed by atoms with Crippen molar-refractivity contribution in [1.29, 1.82) is 0 Å². The van der Waals surface area contributed by atoms with Gasteiger partial charge in [-0.05, 0) is 68.1 Å². The molecule has 0 unspecified atom stereocenters. The molecule has 0 aliphatic heterocycles. The summed E-state index contributed by atoms with van der Waals surface area (Å²) >= 11 is 0. The Morgan fingerprint density at radius 1 is 0.867 bits per heavy atom. The van der Waals surface area contributed by atoms with Gasteiger partial charge in [0.25, 0.3) is 5.91 Å². The molecule has 0 atom stereocenters. The van der Waals surface area contributed by atoms with Crippen molar-refractivity contribution in [2.45, 2.75) is 39.4 Å². The second-order valence-electron chi connectivity index (χ2n) is 7.48. The van der Waals surface area contributed by atoms with Crippen LogP contribution in [0.4, 0.5) is 0 Å². The minimum absolute atomic E-state index is 0.0861. The Kier molecular flexibility index (Phi) is 7.90. The molecule has 3 aromatic rings. The Hall–Kier alpha value is -3.27. The minimum atomic E-state index is -0.0861. The molecule has 1 amide bonds. The zero-order valence-corrected chi connectivity index (χ0v) is 17.6. The average Bonchev–Trinajstić information content (AvgIpc) is 2.76. The van der Waals surface area contributed by atoms with Crippen LogP contribution in [0.2, 0.25) is 0 Å². The molecule has 3 aromatic carbocycles. The minimum Gasteiger partial charge on any atom is -0.491 e. The van der Waals surface area contributed by atoms with Crippen LogP contribution in [0.1, 0.15) is 41.8 Å². The Labute approximate surface area is 178 Å². The van der Waals surface area contributed by atoms with Crippen LogP contribution in [-0.2, 0) is 13.0 Å². The van der Waals surface area contributed by atoms with Crippen molar-refractivity contribution >= 4 is 5.91 Å². The van der Waals surface area contributed by atoms with E-state index < -0.39 is 0 Å². The lowest BCUT2D eigenvalue weighted by molar-refractivity contribution is 0.0952. The summed E-state index contributed by atoms with van der Waals surface area (Å²) in [5.74, 6) is 1.49. The Balaban J connectivity index is 1.45. The lowest BCUT2D eigenvalue weighted by Gasteiger charge is -2.11.